The lowest BCUT2D eigenvalue weighted by Crippen LogP contribution is -2.37. The third-order valence-electron chi connectivity index (χ3n) is 5.86. The number of nitrogens with zero attached hydrogens (tertiary/aromatic N) is 7. The third kappa shape index (κ3) is 4.07. The number of rotatable bonds is 4. The van der Waals surface area contributed by atoms with Gasteiger partial charge in [-0.25, -0.2) is 4.68 Å². The molecule has 9 nitrogen and oxygen atoms in total. The highest BCUT2D eigenvalue weighted by Gasteiger charge is 2.23. The van der Waals surface area contributed by atoms with E-state index >= 15 is 0 Å². The second kappa shape index (κ2) is 7.79. The molecule has 3 aromatic heterocycles. The monoisotopic (exact) mass is 411 g/mol. The Morgan fingerprint density at radius 1 is 1.07 bits per heavy atom. The molecule has 0 atom stereocenters. The maximum Gasteiger partial charge on any atom is 0.295 e. The lowest BCUT2D eigenvalue weighted by Gasteiger charge is -2.31. The van der Waals surface area contributed by atoms with E-state index < -0.39 is 0 Å². The van der Waals surface area contributed by atoms with Crippen molar-refractivity contribution in [1.82, 2.24) is 33.8 Å². The Bertz CT molecular complexity index is 1160. The molecule has 30 heavy (non-hydrogen) atoms. The molecule has 4 rings (SSSR count). The van der Waals surface area contributed by atoms with E-state index in [-0.39, 0.29) is 16.5 Å². The van der Waals surface area contributed by atoms with Gasteiger partial charge in [0.2, 0.25) is 5.65 Å². The summed E-state index contributed by atoms with van der Waals surface area (Å²) >= 11 is 0. The van der Waals surface area contributed by atoms with Gasteiger partial charge in [0.25, 0.3) is 11.1 Å². The van der Waals surface area contributed by atoms with Gasteiger partial charge in [-0.15, -0.1) is 10.2 Å². The summed E-state index contributed by atoms with van der Waals surface area (Å²) < 4.78 is 4.91. The lowest BCUT2D eigenvalue weighted by molar-refractivity contribution is 0.159. The number of hydrogen-bond acceptors (Lipinski definition) is 6. The number of aryl methyl sites for hydroxylation is 1. The van der Waals surface area contributed by atoms with Gasteiger partial charge in [-0.3, -0.25) is 18.9 Å². The van der Waals surface area contributed by atoms with Crippen LogP contribution in [0.5, 0.6) is 0 Å². The third-order valence-corrected chi connectivity index (χ3v) is 5.86. The predicted molar refractivity (Wildman–Crippen MR) is 113 cm³/mol. The van der Waals surface area contributed by atoms with Gasteiger partial charge in [0.05, 0.1) is 12.2 Å². The van der Waals surface area contributed by atoms with E-state index in [1.807, 2.05) is 12.3 Å². The predicted octanol–water partition coefficient (Wildman–Crippen LogP) is 1.19. The number of likely N-dealkylation sites (tertiary alicyclic amines) is 1. The summed E-state index contributed by atoms with van der Waals surface area (Å²) in [4.78, 5) is 26.8. The van der Waals surface area contributed by atoms with Gasteiger partial charge in [0.1, 0.15) is 0 Å². The lowest BCUT2D eigenvalue weighted by atomic mass is 9.92. The summed E-state index contributed by atoms with van der Waals surface area (Å²) in [6.07, 6.45) is 5.54. The van der Waals surface area contributed by atoms with Crippen molar-refractivity contribution in [3.63, 3.8) is 0 Å². The molecular formula is C21H29N7O2. The largest absolute Gasteiger partial charge is 0.314 e. The first-order valence-corrected chi connectivity index (χ1v) is 10.4. The Hall–Kier alpha value is -2.81. The molecule has 9 heteroatoms. The van der Waals surface area contributed by atoms with E-state index in [9.17, 15) is 9.59 Å². The first-order chi connectivity index (χ1) is 14.2. The van der Waals surface area contributed by atoms with Gasteiger partial charge in [-0.2, -0.15) is 5.10 Å². The molecule has 0 bridgehead atoms. The van der Waals surface area contributed by atoms with E-state index in [1.165, 1.54) is 4.57 Å². The molecule has 1 saturated heterocycles. The summed E-state index contributed by atoms with van der Waals surface area (Å²) in [7, 11) is 1.71. The second-order valence-corrected chi connectivity index (χ2v) is 9.23. The van der Waals surface area contributed by atoms with Crippen molar-refractivity contribution in [3.05, 3.63) is 56.8 Å². The van der Waals surface area contributed by atoms with Crippen molar-refractivity contribution in [2.75, 3.05) is 13.1 Å². The van der Waals surface area contributed by atoms with E-state index in [2.05, 4.69) is 41.0 Å². The van der Waals surface area contributed by atoms with Gasteiger partial charge in [-0.05, 0) is 37.9 Å². The van der Waals surface area contributed by atoms with Crippen molar-refractivity contribution in [1.29, 1.82) is 0 Å². The van der Waals surface area contributed by atoms with Crippen LogP contribution < -0.4 is 11.1 Å². The fourth-order valence-corrected chi connectivity index (χ4v) is 3.88. The quantitative estimate of drug-likeness (QED) is 0.641. The molecule has 3 aromatic rings. The highest BCUT2D eigenvalue weighted by atomic mass is 16.1. The van der Waals surface area contributed by atoms with Crippen LogP contribution in [-0.4, -0.2) is 46.9 Å². The Balaban J connectivity index is 1.40. The second-order valence-electron chi connectivity index (χ2n) is 9.23. The summed E-state index contributed by atoms with van der Waals surface area (Å²) in [6.45, 7) is 9.45. The maximum atomic E-state index is 12.3. The summed E-state index contributed by atoms with van der Waals surface area (Å²) in [5.41, 5.74) is 1.02. The van der Waals surface area contributed by atoms with Gasteiger partial charge in [-0.1, -0.05) is 20.8 Å². The van der Waals surface area contributed by atoms with E-state index in [0.717, 1.165) is 37.4 Å². The summed E-state index contributed by atoms with van der Waals surface area (Å²) in [5.74, 6) is 1.20. The minimum atomic E-state index is -0.148. The fraction of sp³-hybridized carbons (Fsp3) is 0.571. The van der Waals surface area contributed by atoms with Crippen LogP contribution in [0.25, 0.3) is 5.65 Å². The van der Waals surface area contributed by atoms with E-state index in [4.69, 9.17) is 0 Å². The molecule has 0 aromatic carbocycles. The van der Waals surface area contributed by atoms with Crippen LogP contribution in [0.15, 0.2) is 34.1 Å². The molecule has 0 unspecified atom stereocenters. The molecule has 1 aliphatic rings. The van der Waals surface area contributed by atoms with Crippen LogP contribution >= 0.6 is 0 Å². The number of hydrogen-bond donors (Lipinski definition) is 0. The average Bonchev–Trinajstić information content (AvgIpc) is 3.10. The molecule has 160 valence electrons. The Kier molecular flexibility index (Phi) is 5.31. The van der Waals surface area contributed by atoms with E-state index in [0.29, 0.717) is 24.7 Å². The number of piperidine rings is 1. The van der Waals surface area contributed by atoms with Crippen LogP contribution in [0.1, 0.15) is 45.1 Å². The summed E-state index contributed by atoms with van der Waals surface area (Å²) in [5, 5.41) is 12.9. The molecular weight excluding hydrogens is 382 g/mol. The highest BCUT2D eigenvalue weighted by Crippen LogP contribution is 2.21. The van der Waals surface area contributed by atoms with E-state index in [1.54, 1.807) is 28.4 Å². The van der Waals surface area contributed by atoms with Crippen molar-refractivity contribution in [3.8, 4) is 0 Å². The van der Waals surface area contributed by atoms with Crippen LogP contribution in [0, 0.1) is 5.92 Å². The first-order valence-electron chi connectivity index (χ1n) is 10.4. The highest BCUT2D eigenvalue weighted by molar-refractivity contribution is 5.34. The molecule has 0 N–H and O–H groups in total. The standard InChI is InChI=1S/C21H29N7O2/c1-21(2,3)16-5-6-18(29)28(24-16)13-15-7-9-26(10-8-15)14-17-22-23-19-20(30)25(4)11-12-27(17)19/h5-6,11-12,15H,7-10,13-14H2,1-4H3. The Labute approximate surface area is 175 Å². The zero-order chi connectivity index (χ0) is 21.5. The van der Waals surface area contributed by atoms with Crippen molar-refractivity contribution in [2.24, 2.45) is 13.0 Å². The molecule has 0 radical (unpaired) electrons. The first kappa shape index (κ1) is 20.5. The Morgan fingerprint density at radius 2 is 1.80 bits per heavy atom. The average molecular weight is 412 g/mol. The van der Waals surface area contributed by atoms with Gasteiger partial charge < -0.3 is 4.57 Å². The SMILES string of the molecule is Cn1ccn2c(CN3CCC(Cn4nc(C(C)(C)C)ccc4=O)CC3)nnc2c1=O. The number of fused-ring (bicyclic) bond motifs is 1. The fourth-order valence-electron chi connectivity index (χ4n) is 3.88. The van der Waals surface area contributed by atoms with Crippen LogP contribution in [0.2, 0.25) is 0 Å². The molecule has 0 saturated carbocycles. The van der Waals surface area contributed by atoms with Crippen LogP contribution in [-0.2, 0) is 25.6 Å². The maximum absolute atomic E-state index is 12.3. The van der Waals surface area contributed by atoms with Crippen molar-refractivity contribution >= 4 is 5.65 Å². The molecule has 0 aliphatic carbocycles. The van der Waals surface area contributed by atoms with Crippen LogP contribution in [0.3, 0.4) is 0 Å². The Morgan fingerprint density at radius 3 is 2.50 bits per heavy atom. The molecule has 4 heterocycles. The minimum Gasteiger partial charge on any atom is -0.314 e. The van der Waals surface area contributed by atoms with Gasteiger partial charge in [0, 0.05) is 37.5 Å². The minimum absolute atomic E-state index is 0.0399. The topological polar surface area (TPSA) is 90.3 Å². The summed E-state index contributed by atoms with van der Waals surface area (Å²) in [6, 6.07) is 3.46. The normalized spacial score (nSPS) is 16.4. The zero-order valence-electron chi connectivity index (χ0n) is 18.1. The molecule has 1 fully saturated rings. The van der Waals surface area contributed by atoms with Gasteiger partial charge in [0.15, 0.2) is 5.82 Å². The van der Waals surface area contributed by atoms with Crippen molar-refractivity contribution in [2.45, 2.75) is 52.1 Å². The number of aromatic nitrogens is 6. The van der Waals surface area contributed by atoms with Gasteiger partial charge >= 0.3 is 0 Å². The van der Waals surface area contributed by atoms with Crippen LogP contribution in [0.4, 0.5) is 0 Å². The molecule has 0 amide bonds. The molecule has 0 spiro atoms. The molecule has 1 aliphatic heterocycles. The smallest absolute Gasteiger partial charge is 0.295 e. The zero-order valence-corrected chi connectivity index (χ0v) is 18.1. The van der Waals surface area contributed by atoms with Crippen molar-refractivity contribution < 1.29 is 0 Å².